The minimum Gasteiger partial charge on any atom is -0.480 e. The van der Waals surface area contributed by atoms with E-state index in [0.29, 0.717) is 5.02 Å². The molecule has 202 valence electrons. The van der Waals surface area contributed by atoms with E-state index in [9.17, 15) is 24.3 Å². The molecule has 4 aromatic rings. The van der Waals surface area contributed by atoms with Crippen LogP contribution in [0, 0.1) is 0 Å². The van der Waals surface area contributed by atoms with E-state index in [4.69, 9.17) is 11.6 Å². The molecule has 0 radical (unpaired) electrons. The molecule has 3 N–H and O–H groups in total. The summed E-state index contributed by atoms with van der Waals surface area (Å²) in [6.07, 6.45) is 0.284. The summed E-state index contributed by atoms with van der Waals surface area (Å²) in [7, 11) is 0. The average Bonchev–Trinajstić information content (AvgIpc) is 3.44. The number of hydrogen-bond donors (Lipinski definition) is 4. The lowest BCUT2D eigenvalue weighted by molar-refractivity contribution is -0.138. The minimum absolute atomic E-state index is 0.000330. The van der Waals surface area contributed by atoms with Gasteiger partial charge in [0.25, 0.3) is 11.8 Å². The van der Waals surface area contributed by atoms with Gasteiger partial charge in [-0.15, -0.1) is 0 Å². The van der Waals surface area contributed by atoms with Crippen molar-refractivity contribution in [2.24, 2.45) is 0 Å². The van der Waals surface area contributed by atoms with Crippen molar-refractivity contribution in [3.63, 3.8) is 0 Å². The SMILES string of the molecule is O=C(NC(CS)C(=O)O)c1ccccc1N1C(=O)C2Cc3c([nH]c4ccccc34)C(c3cccc(Cl)c3)N2C1=O. The van der Waals surface area contributed by atoms with Crippen molar-refractivity contribution in [2.75, 3.05) is 10.7 Å². The molecular weight excluding hydrogens is 552 g/mol. The molecule has 4 amide bonds. The molecule has 3 unspecified atom stereocenters. The number of carbonyl (C=O) groups is 4. The number of nitrogens with one attached hydrogen (secondary N) is 2. The van der Waals surface area contributed by atoms with Gasteiger partial charge in [0.2, 0.25) is 0 Å². The minimum atomic E-state index is -1.25. The highest BCUT2D eigenvalue weighted by Gasteiger charge is 2.53. The molecule has 0 saturated carbocycles. The van der Waals surface area contributed by atoms with E-state index in [2.05, 4.69) is 22.9 Å². The molecule has 40 heavy (non-hydrogen) atoms. The maximum Gasteiger partial charge on any atom is 0.332 e. The molecule has 11 heteroatoms. The molecule has 2 aliphatic rings. The summed E-state index contributed by atoms with van der Waals surface area (Å²) < 4.78 is 0. The van der Waals surface area contributed by atoms with Crippen LogP contribution in [0.25, 0.3) is 10.9 Å². The summed E-state index contributed by atoms with van der Waals surface area (Å²) in [5, 5.41) is 13.2. The summed E-state index contributed by atoms with van der Waals surface area (Å²) in [5.41, 5.74) is 3.45. The van der Waals surface area contributed by atoms with E-state index in [0.717, 1.165) is 32.6 Å². The first kappa shape index (κ1) is 26.0. The van der Waals surface area contributed by atoms with E-state index in [-0.39, 0.29) is 23.4 Å². The van der Waals surface area contributed by atoms with E-state index < -0.39 is 41.9 Å². The third-order valence-corrected chi connectivity index (χ3v) is 7.99. The average molecular weight is 575 g/mol. The first-order chi connectivity index (χ1) is 19.3. The summed E-state index contributed by atoms with van der Waals surface area (Å²) in [4.78, 5) is 58.8. The molecular formula is C29H23ClN4O5S. The molecule has 1 aromatic heterocycles. The number of para-hydroxylation sites is 2. The standard InChI is InChI=1S/C29H23ClN4O5S/c30-16-7-5-6-15(12-16)25-24-19(17-8-1-3-10-20(17)31-24)13-23-27(36)34(29(39)33(23)25)22-11-4-2-9-18(22)26(35)32-21(14-40)28(37)38/h1-12,21,23,25,31,40H,13-14H2,(H,32,35)(H,37,38). The summed E-state index contributed by atoms with van der Waals surface area (Å²) in [6, 6.07) is 17.8. The van der Waals surface area contributed by atoms with Gasteiger partial charge in [0, 0.05) is 33.8 Å². The number of benzene rings is 3. The number of aromatic amines is 1. The van der Waals surface area contributed by atoms with Gasteiger partial charge in [-0.3, -0.25) is 14.5 Å². The molecule has 0 bridgehead atoms. The number of imide groups is 1. The van der Waals surface area contributed by atoms with Gasteiger partial charge in [-0.2, -0.15) is 12.6 Å². The summed E-state index contributed by atoms with van der Waals surface area (Å²) in [5.74, 6) is -2.58. The van der Waals surface area contributed by atoms with Gasteiger partial charge in [0.15, 0.2) is 0 Å². The monoisotopic (exact) mass is 574 g/mol. The van der Waals surface area contributed by atoms with Crippen LogP contribution in [0.15, 0.2) is 72.8 Å². The Morgan fingerprint density at radius 1 is 1.07 bits per heavy atom. The second kappa shape index (κ2) is 10.0. The Labute approximate surface area is 239 Å². The van der Waals surface area contributed by atoms with Gasteiger partial charge >= 0.3 is 12.0 Å². The maximum absolute atomic E-state index is 14.2. The molecule has 3 aromatic carbocycles. The predicted molar refractivity (Wildman–Crippen MR) is 153 cm³/mol. The normalized spacial score (nSPS) is 18.9. The zero-order valence-electron chi connectivity index (χ0n) is 20.9. The number of H-pyrrole nitrogens is 1. The van der Waals surface area contributed by atoms with Crippen LogP contribution in [-0.2, 0) is 16.0 Å². The molecule has 2 aliphatic heterocycles. The van der Waals surface area contributed by atoms with Gasteiger partial charge in [-0.1, -0.05) is 54.1 Å². The molecule has 1 saturated heterocycles. The van der Waals surface area contributed by atoms with Gasteiger partial charge in [0.05, 0.1) is 11.3 Å². The Morgan fingerprint density at radius 3 is 2.58 bits per heavy atom. The lowest BCUT2D eigenvalue weighted by atomic mass is 9.89. The van der Waals surface area contributed by atoms with Crippen molar-refractivity contribution in [2.45, 2.75) is 24.5 Å². The van der Waals surface area contributed by atoms with Crippen LogP contribution < -0.4 is 10.2 Å². The lowest BCUT2D eigenvalue weighted by Gasteiger charge is -2.36. The Balaban J connectivity index is 1.46. The molecule has 9 nitrogen and oxygen atoms in total. The zero-order valence-corrected chi connectivity index (χ0v) is 22.5. The van der Waals surface area contributed by atoms with Gasteiger partial charge in [-0.05, 0) is 41.5 Å². The molecule has 3 heterocycles. The fourth-order valence-corrected chi connectivity index (χ4v) is 6.05. The second-order valence-corrected chi connectivity index (χ2v) is 10.5. The van der Waals surface area contributed by atoms with Gasteiger partial charge in [0.1, 0.15) is 18.1 Å². The third kappa shape index (κ3) is 4.11. The number of aromatic nitrogens is 1. The number of rotatable bonds is 6. The maximum atomic E-state index is 14.2. The van der Waals surface area contributed by atoms with Crippen LogP contribution >= 0.6 is 24.2 Å². The smallest absolute Gasteiger partial charge is 0.332 e. The fourth-order valence-electron chi connectivity index (χ4n) is 5.60. The lowest BCUT2D eigenvalue weighted by Crippen LogP contribution is -2.44. The van der Waals surface area contributed by atoms with E-state index in [1.54, 1.807) is 30.3 Å². The highest BCUT2D eigenvalue weighted by Crippen LogP contribution is 2.45. The Bertz CT molecular complexity index is 1700. The number of hydrogen-bond acceptors (Lipinski definition) is 5. The number of carboxylic acid groups (broad SMARTS) is 1. The van der Waals surface area contributed by atoms with Crippen molar-refractivity contribution in [3.8, 4) is 0 Å². The predicted octanol–water partition coefficient (Wildman–Crippen LogP) is 4.42. The first-order valence-corrected chi connectivity index (χ1v) is 13.6. The van der Waals surface area contributed by atoms with Crippen LogP contribution in [0.4, 0.5) is 10.5 Å². The van der Waals surface area contributed by atoms with Crippen molar-refractivity contribution in [1.82, 2.24) is 15.2 Å². The second-order valence-electron chi connectivity index (χ2n) is 9.67. The molecule has 1 fully saturated rings. The molecule has 3 atom stereocenters. The largest absolute Gasteiger partial charge is 0.480 e. The number of carboxylic acids is 1. The van der Waals surface area contributed by atoms with Crippen LogP contribution in [-0.4, -0.2) is 56.6 Å². The number of thiol groups is 1. The van der Waals surface area contributed by atoms with Crippen LogP contribution in [0.5, 0.6) is 0 Å². The molecule has 0 aliphatic carbocycles. The number of urea groups is 1. The van der Waals surface area contributed by atoms with Crippen molar-refractivity contribution < 1.29 is 24.3 Å². The third-order valence-electron chi connectivity index (χ3n) is 7.39. The number of amides is 4. The van der Waals surface area contributed by atoms with Crippen molar-refractivity contribution in [3.05, 3.63) is 100 Å². The van der Waals surface area contributed by atoms with Crippen molar-refractivity contribution in [1.29, 1.82) is 0 Å². The number of aliphatic carboxylic acids is 1. The van der Waals surface area contributed by atoms with Crippen LogP contribution in [0.1, 0.15) is 33.2 Å². The molecule has 6 rings (SSSR count). The zero-order chi connectivity index (χ0) is 28.1. The number of halogens is 1. The Kier molecular flexibility index (Phi) is 6.52. The summed E-state index contributed by atoms with van der Waals surface area (Å²) >= 11 is 10.4. The number of nitrogens with zero attached hydrogens (tertiary/aromatic N) is 2. The van der Waals surface area contributed by atoms with Gasteiger partial charge in [-0.25, -0.2) is 14.5 Å². The number of carbonyl (C=O) groups excluding carboxylic acids is 3. The Morgan fingerprint density at radius 2 is 1.82 bits per heavy atom. The van der Waals surface area contributed by atoms with Crippen molar-refractivity contribution >= 4 is 64.6 Å². The quantitative estimate of drug-likeness (QED) is 0.201. The van der Waals surface area contributed by atoms with E-state index >= 15 is 0 Å². The number of fused-ring (bicyclic) bond motifs is 4. The first-order valence-electron chi connectivity index (χ1n) is 12.5. The van der Waals surface area contributed by atoms with E-state index in [1.165, 1.54) is 17.0 Å². The highest BCUT2D eigenvalue weighted by atomic mass is 35.5. The summed E-state index contributed by atoms with van der Waals surface area (Å²) in [6.45, 7) is 0. The number of anilines is 1. The molecule has 0 spiro atoms. The van der Waals surface area contributed by atoms with E-state index in [1.807, 2.05) is 30.3 Å². The fraction of sp³-hybridized carbons (Fsp3) is 0.172. The topological polar surface area (TPSA) is 123 Å². The van der Waals surface area contributed by atoms with Crippen LogP contribution in [0.2, 0.25) is 5.02 Å². The highest BCUT2D eigenvalue weighted by molar-refractivity contribution is 7.80. The Hall–Kier alpha value is -4.28. The van der Waals surface area contributed by atoms with Gasteiger partial charge < -0.3 is 15.4 Å². The van der Waals surface area contributed by atoms with Crippen LogP contribution in [0.3, 0.4) is 0 Å².